The van der Waals surface area contributed by atoms with E-state index in [2.05, 4.69) is 15.8 Å². The molecule has 6 nitrogen and oxygen atoms in total. The van der Waals surface area contributed by atoms with E-state index in [1.54, 1.807) is 0 Å². The first kappa shape index (κ1) is 16.0. The standard InChI is InChI=1S/C15H13Cl2N3O3/c16-9-4-10-13(21)8(7-23-14(10)11(17)5-9)6-19-20-15(22)12-2-1-3-18-12/h4-7,12,18H,1-3H2,(H,20,22)/b19-6-/t12-/m1/s1. The predicted octanol–water partition coefficient (Wildman–Crippen LogP) is 2.30. The fraction of sp³-hybridized carbons (Fsp3) is 0.267. The van der Waals surface area contributed by atoms with Gasteiger partial charge in [0.25, 0.3) is 5.91 Å². The number of benzene rings is 1. The largest absolute Gasteiger partial charge is 0.462 e. The first-order valence-corrected chi connectivity index (χ1v) is 7.78. The molecule has 0 unspecified atom stereocenters. The Morgan fingerprint density at radius 3 is 3.00 bits per heavy atom. The van der Waals surface area contributed by atoms with Crippen molar-refractivity contribution >= 4 is 46.3 Å². The zero-order valence-corrected chi connectivity index (χ0v) is 13.4. The van der Waals surface area contributed by atoms with Crippen LogP contribution in [0.15, 0.2) is 32.7 Å². The van der Waals surface area contributed by atoms with Gasteiger partial charge in [-0.2, -0.15) is 5.10 Å². The first-order valence-electron chi connectivity index (χ1n) is 7.03. The van der Waals surface area contributed by atoms with Crippen LogP contribution < -0.4 is 16.2 Å². The van der Waals surface area contributed by atoms with E-state index < -0.39 is 0 Å². The van der Waals surface area contributed by atoms with E-state index in [-0.39, 0.29) is 38.9 Å². The van der Waals surface area contributed by atoms with Gasteiger partial charge in [-0.05, 0) is 31.5 Å². The monoisotopic (exact) mass is 353 g/mol. The molecule has 0 aliphatic carbocycles. The number of hydrazone groups is 1. The van der Waals surface area contributed by atoms with E-state index in [9.17, 15) is 9.59 Å². The molecule has 1 saturated heterocycles. The molecule has 1 amide bonds. The maximum absolute atomic E-state index is 12.4. The van der Waals surface area contributed by atoms with Gasteiger partial charge in [0.1, 0.15) is 6.26 Å². The second kappa shape index (κ2) is 6.70. The molecular formula is C15H13Cl2N3O3. The van der Waals surface area contributed by atoms with Gasteiger partial charge in [-0.1, -0.05) is 23.2 Å². The highest BCUT2D eigenvalue weighted by Gasteiger charge is 2.21. The van der Waals surface area contributed by atoms with Gasteiger partial charge in [0.2, 0.25) is 5.43 Å². The van der Waals surface area contributed by atoms with Gasteiger partial charge in [-0.3, -0.25) is 9.59 Å². The van der Waals surface area contributed by atoms with E-state index in [1.165, 1.54) is 24.6 Å². The van der Waals surface area contributed by atoms with Gasteiger partial charge in [-0.25, -0.2) is 5.43 Å². The topological polar surface area (TPSA) is 83.7 Å². The number of halogens is 2. The molecule has 0 saturated carbocycles. The fourth-order valence-electron chi connectivity index (χ4n) is 2.42. The minimum Gasteiger partial charge on any atom is -0.462 e. The number of carbonyl (C=O) groups is 1. The van der Waals surface area contributed by atoms with Crippen LogP contribution >= 0.6 is 23.2 Å². The Kier molecular flexibility index (Phi) is 4.66. The van der Waals surface area contributed by atoms with Gasteiger partial charge in [0.05, 0.1) is 28.2 Å². The zero-order chi connectivity index (χ0) is 16.4. The van der Waals surface area contributed by atoms with Crippen molar-refractivity contribution in [3.05, 3.63) is 44.2 Å². The molecule has 1 atom stereocenters. The third-order valence-corrected chi connectivity index (χ3v) is 4.07. The lowest BCUT2D eigenvalue weighted by atomic mass is 10.2. The number of hydrogen-bond acceptors (Lipinski definition) is 5. The Bertz CT molecular complexity index is 842. The minimum absolute atomic E-state index is 0.190. The van der Waals surface area contributed by atoms with Gasteiger partial charge < -0.3 is 9.73 Å². The highest BCUT2D eigenvalue weighted by atomic mass is 35.5. The molecule has 1 aromatic carbocycles. The van der Waals surface area contributed by atoms with Gasteiger partial charge in [0.15, 0.2) is 5.58 Å². The van der Waals surface area contributed by atoms with E-state index in [0.29, 0.717) is 5.02 Å². The van der Waals surface area contributed by atoms with Crippen LogP contribution in [0, 0.1) is 0 Å². The highest BCUT2D eigenvalue weighted by Crippen LogP contribution is 2.26. The summed E-state index contributed by atoms with van der Waals surface area (Å²) in [5, 5.41) is 7.72. The van der Waals surface area contributed by atoms with Crippen LogP contribution in [0.5, 0.6) is 0 Å². The number of nitrogens with zero attached hydrogens (tertiary/aromatic N) is 1. The van der Waals surface area contributed by atoms with E-state index >= 15 is 0 Å². The normalized spacial score (nSPS) is 17.9. The fourth-order valence-corrected chi connectivity index (χ4v) is 2.96. The molecule has 1 aromatic heterocycles. The molecule has 0 radical (unpaired) electrons. The Morgan fingerprint density at radius 2 is 2.26 bits per heavy atom. The van der Waals surface area contributed by atoms with Crippen molar-refractivity contribution in [2.75, 3.05) is 6.54 Å². The molecule has 1 fully saturated rings. The summed E-state index contributed by atoms with van der Waals surface area (Å²) >= 11 is 11.9. The maximum Gasteiger partial charge on any atom is 0.257 e. The van der Waals surface area contributed by atoms with E-state index in [0.717, 1.165) is 19.4 Å². The lowest BCUT2D eigenvalue weighted by molar-refractivity contribution is -0.122. The second-order valence-corrected chi connectivity index (χ2v) is 6.01. The van der Waals surface area contributed by atoms with Crippen LogP contribution in [0.2, 0.25) is 10.0 Å². The number of rotatable bonds is 3. The quantitative estimate of drug-likeness (QED) is 0.655. The SMILES string of the molecule is O=C(N/N=C\c1coc2c(Cl)cc(Cl)cc2c1=O)[C@H]1CCCN1. The Morgan fingerprint density at radius 1 is 1.43 bits per heavy atom. The summed E-state index contributed by atoms with van der Waals surface area (Å²) in [6.07, 6.45) is 4.22. The molecule has 0 spiro atoms. The molecule has 2 N–H and O–H groups in total. The lowest BCUT2D eigenvalue weighted by Crippen LogP contribution is -2.38. The molecule has 2 heterocycles. The zero-order valence-electron chi connectivity index (χ0n) is 11.9. The average Bonchev–Trinajstić information content (AvgIpc) is 3.04. The Hall–Kier alpha value is -1.89. The summed E-state index contributed by atoms with van der Waals surface area (Å²) in [5.74, 6) is -0.227. The van der Waals surface area contributed by atoms with Crippen LogP contribution in [0.3, 0.4) is 0 Å². The molecule has 23 heavy (non-hydrogen) atoms. The highest BCUT2D eigenvalue weighted by molar-refractivity contribution is 6.38. The maximum atomic E-state index is 12.4. The molecule has 8 heteroatoms. The first-order chi connectivity index (χ1) is 11.1. The number of carbonyl (C=O) groups excluding carboxylic acids is 1. The van der Waals surface area contributed by atoms with Crippen molar-refractivity contribution in [3.63, 3.8) is 0 Å². The number of fused-ring (bicyclic) bond motifs is 1. The summed E-state index contributed by atoms with van der Waals surface area (Å²) in [4.78, 5) is 24.2. The Balaban J connectivity index is 1.83. The van der Waals surface area contributed by atoms with Gasteiger partial charge >= 0.3 is 0 Å². The van der Waals surface area contributed by atoms with Crippen LogP contribution in [-0.4, -0.2) is 24.7 Å². The average molecular weight is 354 g/mol. The van der Waals surface area contributed by atoms with Crippen LogP contribution in [0.4, 0.5) is 0 Å². The third kappa shape index (κ3) is 3.39. The van der Waals surface area contributed by atoms with Crippen molar-refractivity contribution in [3.8, 4) is 0 Å². The molecule has 120 valence electrons. The van der Waals surface area contributed by atoms with Crippen LogP contribution in [0.1, 0.15) is 18.4 Å². The van der Waals surface area contributed by atoms with E-state index in [1.807, 2.05) is 0 Å². The lowest BCUT2D eigenvalue weighted by Gasteiger charge is -2.06. The van der Waals surface area contributed by atoms with Crippen molar-refractivity contribution in [1.29, 1.82) is 0 Å². The van der Waals surface area contributed by atoms with Crippen molar-refractivity contribution < 1.29 is 9.21 Å². The van der Waals surface area contributed by atoms with E-state index in [4.69, 9.17) is 27.6 Å². The van der Waals surface area contributed by atoms with Crippen LogP contribution in [0.25, 0.3) is 11.0 Å². The van der Waals surface area contributed by atoms with Crippen molar-refractivity contribution in [2.45, 2.75) is 18.9 Å². The molecule has 1 aliphatic heterocycles. The number of nitrogens with one attached hydrogen (secondary N) is 2. The number of hydrogen-bond donors (Lipinski definition) is 2. The summed E-state index contributed by atoms with van der Waals surface area (Å²) in [6.45, 7) is 0.817. The molecule has 0 bridgehead atoms. The summed E-state index contributed by atoms with van der Waals surface area (Å²) in [5.41, 5.74) is 2.53. The van der Waals surface area contributed by atoms with Gasteiger partial charge in [0, 0.05) is 5.02 Å². The minimum atomic E-state index is -0.326. The van der Waals surface area contributed by atoms with Gasteiger partial charge in [-0.15, -0.1) is 0 Å². The van der Waals surface area contributed by atoms with Crippen molar-refractivity contribution in [1.82, 2.24) is 10.7 Å². The summed E-state index contributed by atoms with van der Waals surface area (Å²) < 4.78 is 5.36. The summed E-state index contributed by atoms with van der Waals surface area (Å²) in [7, 11) is 0. The Labute approximate surface area is 141 Å². The smallest absolute Gasteiger partial charge is 0.257 e. The molecule has 3 rings (SSSR count). The molecule has 2 aromatic rings. The van der Waals surface area contributed by atoms with Crippen molar-refractivity contribution in [2.24, 2.45) is 5.10 Å². The predicted molar refractivity (Wildman–Crippen MR) is 89.3 cm³/mol. The second-order valence-electron chi connectivity index (χ2n) is 5.17. The molecular weight excluding hydrogens is 341 g/mol. The summed E-state index contributed by atoms with van der Waals surface area (Å²) in [6, 6.07) is 2.74. The third-order valence-electron chi connectivity index (χ3n) is 3.57. The molecule has 1 aliphatic rings. The number of amides is 1. The van der Waals surface area contributed by atoms with Crippen LogP contribution in [-0.2, 0) is 4.79 Å².